The van der Waals surface area contributed by atoms with Crippen LogP contribution in [0.4, 0.5) is 5.69 Å². The number of nitrogens with zero attached hydrogens (tertiary/aromatic N) is 1. The number of methoxy groups -OCH3 is 1. The van der Waals surface area contributed by atoms with Crippen LogP contribution in [0.15, 0.2) is 42.7 Å². The Bertz CT molecular complexity index is 692. The lowest BCUT2D eigenvalue weighted by atomic mass is 10.2. The van der Waals surface area contributed by atoms with E-state index in [0.717, 1.165) is 5.56 Å². The largest absolute Gasteiger partial charge is 0.465 e. The van der Waals surface area contributed by atoms with Crippen molar-refractivity contribution in [2.75, 3.05) is 19.0 Å². The molecular formula is C16H16ClN3O3. The van der Waals surface area contributed by atoms with Crippen LogP contribution >= 0.6 is 11.6 Å². The molecule has 23 heavy (non-hydrogen) atoms. The second-order valence-corrected chi connectivity index (χ2v) is 5.10. The fourth-order valence-electron chi connectivity index (χ4n) is 1.88. The number of pyridine rings is 1. The average Bonchev–Trinajstić information content (AvgIpc) is 2.57. The van der Waals surface area contributed by atoms with Gasteiger partial charge in [0.05, 0.1) is 29.9 Å². The SMILES string of the molecule is COC(=O)c1ccc(Cl)c(NC(=O)CNCc2ccncc2)c1. The van der Waals surface area contributed by atoms with E-state index in [0.29, 0.717) is 22.8 Å². The van der Waals surface area contributed by atoms with Gasteiger partial charge in [0, 0.05) is 18.9 Å². The molecule has 0 saturated carbocycles. The van der Waals surface area contributed by atoms with Gasteiger partial charge >= 0.3 is 5.97 Å². The van der Waals surface area contributed by atoms with Crippen molar-refractivity contribution in [1.29, 1.82) is 0 Å². The van der Waals surface area contributed by atoms with Gasteiger partial charge in [0.25, 0.3) is 0 Å². The lowest BCUT2D eigenvalue weighted by Gasteiger charge is -2.09. The number of hydrogen-bond donors (Lipinski definition) is 2. The molecule has 2 aromatic rings. The van der Waals surface area contributed by atoms with Gasteiger partial charge in [-0.3, -0.25) is 9.78 Å². The number of carbonyl (C=O) groups excluding carboxylic acids is 2. The first-order valence-electron chi connectivity index (χ1n) is 6.87. The molecule has 120 valence electrons. The van der Waals surface area contributed by atoms with E-state index in [4.69, 9.17) is 11.6 Å². The van der Waals surface area contributed by atoms with Crippen molar-refractivity contribution < 1.29 is 14.3 Å². The van der Waals surface area contributed by atoms with Crippen molar-refractivity contribution in [2.45, 2.75) is 6.54 Å². The molecule has 0 spiro atoms. The summed E-state index contributed by atoms with van der Waals surface area (Å²) >= 11 is 6.02. The number of esters is 1. The van der Waals surface area contributed by atoms with Gasteiger partial charge < -0.3 is 15.4 Å². The highest BCUT2D eigenvalue weighted by atomic mass is 35.5. The van der Waals surface area contributed by atoms with Crippen molar-refractivity contribution in [1.82, 2.24) is 10.3 Å². The Kier molecular flexibility index (Phi) is 6.08. The van der Waals surface area contributed by atoms with Gasteiger partial charge in [-0.15, -0.1) is 0 Å². The Balaban J connectivity index is 1.91. The first kappa shape index (κ1) is 16.9. The molecule has 1 aromatic carbocycles. The lowest BCUT2D eigenvalue weighted by molar-refractivity contribution is -0.115. The second-order valence-electron chi connectivity index (χ2n) is 4.69. The maximum Gasteiger partial charge on any atom is 0.337 e. The third-order valence-electron chi connectivity index (χ3n) is 3.03. The molecule has 0 aliphatic carbocycles. The van der Waals surface area contributed by atoms with Crippen LogP contribution in [0.1, 0.15) is 15.9 Å². The zero-order chi connectivity index (χ0) is 16.7. The second kappa shape index (κ2) is 8.26. The molecule has 2 N–H and O–H groups in total. The van der Waals surface area contributed by atoms with Crippen molar-refractivity contribution in [2.24, 2.45) is 0 Å². The maximum atomic E-state index is 11.9. The van der Waals surface area contributed by atoms with Crippen LogP contribution in [0.25, 0.3) is 0 Å². The van der Waals surface area contributed by atoms with E-state index in [-0.39, 0.29) is 12.5 Å². The number of benzene rings is 1. The van der Waals surface area contributed by atoms with E-state index < -0.39 is 5.97 Å². The summed E-state index contributed by atoms with van der Waals surface area (Å²) in [6.07, 6.45) is 3.38. The van der Waals surface area contributed by atoms with E-state index in [2.05, 4.69) is 20.4 Å². The molecule has 0 fully saturated rings. The monoisotopic (exact) mass is 333 g/mol. The van der Waals surface area contributed by atoms with Crippen LogP contribution in [-0.2, 0) is 16.1 Å². The average molecular weight is 334 g/mol. The highest BCUT2D eigenvalue weighted by Crippen LogP contribution is 2.23. The summed E-state index contributed by atoms with van der Waals surface area (Å²) in [6, 6.07) is 8.28. The Labute approximate surface area is 138 Å². The molecule has 7 heteroatoms. The first-order valence-corrected chi connectivity index (χ1v) is 7.25. The predicted molar refractivity (Wildman–Crippen MR) is 87.4 cm³/mol. The van der Waals surface area contributed by atoms with Gasteiger partial charge in [-0.05, 0) is 35.9 Å². The van der Waals surface area contributed by atoms with Gasteiger partial charge in [-0.1, -0.05) is 11.6 Å². The predicted octanol–water partition coefficient (Wildman–Crippen LogP) is 2.25. The Morgan fingerprint density at radius 1 is 1.22 bits per heavy atom. The third-order valence-corrected chi connectivity index (χ3v) is 3.36. The van der Waals surface area contributed by atoms with Crippen molar-refractivity contribution in [3.63, 3.8) is 0 Å². The summed E-state index contributed by atoms with van der Waals surface area (Å²) in [6.45, 7) is 0.660. The summed E-state index contributed by atoms with van der Waals surface area (Å²) in [7, 11) is 1.29. The zero-order valence-corrected chi connectivity index (χ0v) is 13.3. The fraction of sp³-hybridized carbons (Fsp3) is 0.188. The Morgan fingerprint density at radius 2 is 1.96 bits per heavy atom. The van der Waals surface area contributed by atoms with Crippen LogP contribution in [0.2, 0.25) is 5.02 Å². The van der Waals surface area contributed by atoms with E-state index >= 15 is 0 Å². The number of nitrogens with one attached hydrogen (secondary N) is 2. The maximum absolute atomic E-state index is 11.9. The fourth-order valence-corrected chi connectivity index (χ4v) is 2.05. The number of anilines is 1. The van der Waals surface area contributed by atoms with Crippen LogP contribution < -0.4 is 10.6 Å². The van der Waals surface area contributed by atoms with Crippen molar-refractivity contribution in [3.05, 3.63) is 58.9 Å². The topological polar surface area (TPSA) is 80.3 Å². The lowest BCUT2D eigenvalue weighted by Crippen LogP contribution is -2.27. The first-order chi connectivity index (χ1) is 11.1. The number of aromatic nitrogens is 1. The minimum atomic E-state index is -0.493. The van der Waals surface area contributed by atoms with Crippen LogP contribution in [-0.4, -0.2) is 30.5 Å². The molecule has 0 unspecified atom stereocenters. The highest BCUT2D eigenvalue weighted by Gasteiger charge is 2.11. The summed E-state index contributed by atoms with van der Waals surface area (Å²) < 4.78 is 4.64. The summed E-state index contributed by atoms with van der Waals surface area (Å²) in [5.74, 6) is -0.754. The molecule has 0 saturated heterocycles. The van der Waals surface area contributed by atoms with Crippen LogP contribution in [0, 0.1) is 0 Å². The Hall–Kier alpha value is -2.44. The zero-order valence-electron chi connectivity index (χ0n) is 12.5. The van der Waals surface area contributed by atoms with Gasteiger partial charge in [0.1, 0.15) is 0 Å². The molecule has 2 rings (SSSR count). The smallest absolute Gasteiger partial charge is 0.337 e. The Morgan fingerprint density at radius 3 is 2.65 bits per heavy atom. The quantitative estimate of drug-likeness (QED) is 0.792. The van der Waals surface area contributed by atoms with Crippen LogP contribution in [0.5, 0.6) is 0 Å². The van der Waals surface area contributed by atoms with Gasteiger partial charge in [-0.2, -0.15) is 0 Å². The number of rotatable bonds is 6. The van der Waals surface area contributed by atoms with Crippen LogP contribution in [0.3, 0.4) is 0 Å². The molecule has 1 amide bonds. The molecule has 1 heterocycles. The number of amides is 1. The minimum absolute atomic E-state index is 0.112. The highest BCUT2D eigenvalue weighted by molar-refractivity contribution is 6.33. The standard InChI is InChI=1S/C16H16ClN3O3/c1-23-16(22)12-2-3-13(17)14(8-12)20-15(21)10-19-9-11-4-6-18-7-5-11/h2-8,19H,9-10H2,1H3,(H,20,21). The summed E-state index contributed by atoms with van der Waals surface area (Å²) in [5.41, 5.74) is 1.71. The van der Waals surface area contributed by atoms with Gasteiger partial charge in [-0.25, -0.2) is 4.79 Å². The molecule has 0 aliphatic heterocycles. The van der Waals surface area contributed by atoms with Crippen molar-refractivity contribution >= 4 is 29.2 Å². The van der Waals surface area contributed by atoms with Gasteiger partial charge in [0.15, 0.2) is 0 Å². The summed E-state index contributed by atoms with van der Waals surface area (Å²) in [5, 5.41) is 6.02. The van der Waals surface area contributed by atoms with E-state index in [1.54, 1.807) is 12.4 Å². The van der Waals surface area contributed by atoms with E-state index in [1.165, 1.54) is 25.3 Å². The van der Waals surface area contributed by atoms with E-state index in [9.17, 15) is 9.59 Å². The minimum Gasteiger partial charge on any atom is -0.465 e. The number of halogens is 1. The number of carbonyl (C=O) groups is 2. The third kappa shape index (κ3) is 5.05. The molecule has 0 bridgehead atoms. The molecular weight excluding hydrogens is 318 g/mol. The number of ether oxygens (including phenoxy) is 1. The van der Waals surface area contributed by atoms with Crippen molar-refractivity contribution in [3.8, 4) is 0 Å². The van der Waals surface area contributed by atoms with Gasteiger partial charge in [0.2, 0.25) is 5.91 Å². The number of hydrogen-bond acceptors (Lipinski definition) is 5. The molecule has 0 atom stereocenters. The molecule has 6 nitrogen and oxygen atoms in total. The van der Waals surface area contributed by atoms with E-state index in [1.807, 2.05) is 12.1 Å². The summed E-state index contributed by atoms with van der Waals surface area (Å²) in [4.78, 5) is 27.4. The normalized spacial score (nSPS) is 10.2. The molecule has 0 aliphatic rings. The molecule has 0 radical (unpaired) electrons. The molecule has 1 aromatic heterocycles.